The molecule has 3 saturated carbocycles. The van der Waals surface area contributed by atoms with Gasteiger partial charge in [-0.15, -0.1) is 0 Å². The van der Waals surface area contributed by atoms with Crippen LogP contribution in [0, 0.1) is 16.0 Å². The number of amides is 2. The first-order valence-electron chi connectivity index (χ1n) is 20.5. The van der Waals surface area contributed by atoms with E-state index >= 15 is 4.39 Å². The van der Waals surface area contributed by atoms with E-state index in [0.29, 0.717) is 51.6 Å². The minimum atomic E-state index is -1.36. The van der Waals surface area contributed by atoms with Gasteiger partial charge in [-0.25, -0.2) is 9.18 Å². The number of nitrogens with zero attached hydrogens (tertiary/aromatic N) is 4. The van der Waals surface area contributed by atoms with E-state index in [1.807, 2.05) is 0 Å². The molecule has 5 aliphatic heterocycles. The lowest BCUT2D eigenvalue weighted by Crippen LogP contribution is -2.75. The Labute approximate surface area is 321 Å². The number of hydrogen-bond acceptors (Lipinski definition) is 13. The van der Waals surface area contributed by atoms with Crippen molar-refractivity contribution >= 4 is 17.8 Å². The summed E-state index contributed by atoms with van der Waals surface area (Å²) in [5.74, 6) is -1.56. The maximum absolute atomic E-state index is 16.5. The van der Waals surface area contributed by atoms with Crippen molar-refractivity contribution in [1.82, 2.24) is 30.7 Å². The number of nitrogens with one attached hydrogen (secondary N) is 3. The van der Waals surface area contributed by atoms with Crippen LogP contribution in [0.5, 0.6) is 0 Å². The number of carbonyl (C=O) groups excluding carboxylic acids is 3. The third-order valence-corrected chi connectivity index (χ3v) is 13.2. The van der Waals surface area contributed by atoms with E-state index < -0.39 is 53.9 Å². The number of ketones is 1. The lowest BCUT2D eigenvalue weighted by molar-refractivity contribution is -0.529. The molecule has 0 aromatic heterocycles. The zero-order chi connectivity index (χ0) is 38.6. The lowest BCUT2D eigenvalue weighted by atomic mass is 9.69. The molecular formula is C38H58FN7O9. The third-order valence-electron chi connectivity index (χ3n) is 13.2. The Hall–Kier alpha value is -2.96. The molecule has 2 amide bonds. The van der Waals surface area contributed by atoms with Crippen LogP contribution in [-0.2, 0) is 28.5 Å². The van der Waals surface area contributed by atoms with Crippen molar-refractivity contribution in [2.24, 2.45) is 5.92 Å². The Bertz CT molecular complexity index is 1510. The predicted molar refractivity (Wildman–Crippen MR) is 195 cm³/mol. The van der Waals surface area contributed by atoms with Gasteiger partial charge in [0.2, 0.25) is 6.04 Å². The van der Waals surface area contributed by atoms with E-state index in [9.17, 15) is 24.5 Å². The molecule has 0 aromatic rings. The third kappa shape index (κ3) is 8.11. The van der Waals surface area contributed by atoms with Crippen LogP contribution in [0.4, 0.5) is 9.18 Å². The van der Waals surface area contributed by atoms with Crippen LogP contribution >= 0.6 is 0 Å². The topological polar surface area (TPSA) is 177 Å². The predicted octanol–water partition coefficient (Wildman–Crippen LogP) is 1.14. The molecule has 0 spiro atoms. The normalized spacial score (nSPS) is 40.3. The molecule has 8 aliphatic rings. The van der Waals surface area contributed by atoms with E-state index in [2.05, 4.69) is 25.8 Å². The molecule has 55 heavy (non-hydrogen) atoms. The van der Waals surface area contributed by atoms with E-state index in [0.717, 1.165) is 39.3 Å². The zero-order valence-corrected chi connectivity index (χ0v) is 32.2. The molecule has 13 atom stereocenters. The second-order valence-electron chi connectivity index (χ2n) is 17.9. The highest BCUT2D eigenvalue weighted by Crippen LogP contribution is 2.47. The second-order valence-corrected chi connectivity index (χ2v) is 17.9. The highest BCUT2D eigenvalue weighted by Gasteiger charge is 2.61. The molecule has 5 heterocycles. The van der Waals surface area contributed by atoms with Crippen LogP contribution in [0.1, 0.15) is 72.1 Å². The van der Waals surface area contributed by atoms with Crippen molar-refractivity contribution in [3.05, 3.63) is 21.9 Å². The Kier molecular flexibility index (Phi) is 11.1. The molecule has 306 valence electrons. The van der Waals surface area contributed by atoms with Crippen LogP contribution in [0.25, 0.3) is 0 Å². The summed E-state index contributed by atoms with van der Waals surface area (Å²) in [5, 5.41) is 21.8. The summed E-state index contributed by atoms with van der Waals surface area (Å²) in [7, 11) is 0. The summed E-state index contributed by atoms with van der Waals surface area (Å²) in [6.07, 6.45) is 2.35. The number of halogens is 1. The van der Waals surface area contributed by atoms with E-state index in [1.165, 1.54) is 0 Å². The van der Waals surface area contributed by atoms with Crippen molar-refractivity contribution in [2.75, 3.05) is 52.5 Å². The fourth-order valence-electron chi connectivity index (χ4n) is 10.5. The van der Waals surface area contributed by atoms with Gasteiger partial charge in [0.15, 0.2) is 5.78 Å². The van der Waals surface area contributed by atoms with Crippen LogP contribution in [0.15, 0.2) is 11.8 Å². The second kappa shape index (κ2) is 15.8. The first kappa shape index (κ1) is 38.9. The fourth-order valence-corrected chi connectivity index (χ4v) is 10.5. The molecule has 3 N–H and O–H groups in total. The van der Waals surface area contributed by atoms with Gasteiger partial charge in [-0.05, 0) is 72.4 Å². The number of alkyl carbamates (subject to hydrolysis) is 1. The molecule has 4 saturated heterocycles. The number of rotatable bonds is 8. The van der Waals surface area contributed by atoms with Crippen LogP contribution in [0.2, 0.25) is 0 Å². The molecule has 0 bridgehead atoms. The highest BCUT2D eigenvalue weighted by atomic mass is 19.1. The minimum Gasteiger partial charge on any atom is -0.444 e. The standard InChI is InChI=1S/C38H58FN7O9/c1-38(2,3)55-37(49)41-21-7-10-44(19-21)36(48)24-20-45-28-18-30-27(42-26-6-5-22(46(50)51)15-29(26)53-30)17-31(28)54-35-32(25(39)16-23(33(35)45)34(24)47)40-8-4-9-43-11-13-52-14-12-43/h20-23,25-33,35,40,42H,4-19H2,1-3H3,(H,41,49)/t21-,22?,23?,25?,26?,27?,28?,29?,30?,31?,32?,33?,35?/m0/s1. The van der Waals surface area contributed by atoms with Gasteiger partial charge in [0, 0.05) is 68.1 Å². The molecule has 17 heteroatoms. The van der Waals surface area contributed by atoms with E-state index in [1.54, 1.807) is 31.9 Å². The average molecular weight is 776 g/mol. The first-order chi connectivity index (χ1) is 26.3. The van der Waals surface area contributed by atoms with Gasteiger partial charge >= 0.3 is 6.09 Å². The molecule has 3 aliphatic carbocycles. The summed E-state index contributed by atoms with van der Waals surface area (Å²) in [4.78, 5) is 58.6. The average Bonchev–Trinajstić information content (AvgIpc) is 3.61. The van der Waals surface area contributed by atoms with E-state index in [-0.39, 0.29) is 71.7 Å². The summed E-state index contributed by atoms with van der Waals surface area (Å²) < 4.78 is 41.0. The molecule has 16 nitrogen and oxygen atoms in total. The number of nitro groups is 1. The summed E-state index contributed by atoms with van der Waals surface area (Å²) >= 11 is 0. The number of fused-ring (bicyclic) bond motifs is 4. The smallest absolute Gasteiger partial charge is 0.407 e. The maximum Gasteiger partial charge on any atom is 0.407 e. The maximum atomic E-state index is 16.5. The molecular weight excluding hydrogens is 717 g/mol. The Balaban J connectivity index is 1.02. The van der Waals surface area contributed by atoms with Gasteiger partial charge in [-0.3, -0.25) is 24.6 Å². The minimum absolute atomic E-state index is 0.0197. The molecule has 0 aromatic carbocycles. The van der Waals surface area contributed by atoms with Crippen molar-refractivity contribution in [2.45, 2.75) is 151 Å². The molecule has 12 unspecified atom stereocenters. The zero-order valence-electron chi connectivity index (χ0n) is 32.2. The summed E-state index contributed by atoms with van der Waals surface area (Å²) in [6, 6.07) is -2.31. The number of ether oxygens (including phenoxy) is 4. The van der Waals surface area contributed by atoms with Gasteiger partial charge in [0.25, 0.3) is 5.91 Å². The fraction of sp³-hybridized carbons (Fsp3) is 0.868. The number of hydrogen-bond donors (Lipinski definition) is 3. The Morgan fingerprint density at radius 3 is 2.58 bits per heavy atom. The van der Waals surface area contributed by atoms with Gasteiger partial charge in [-0.2, -0.15) is 0 Å². The Morgan fingerprint density at radius 2 is 1.82 bits per heavy atom. The van der Waals surface area contributed by atoms with Gasteiger partial charge in [-0.1, -0.05) is 0 Å². The monoisotopic (exact) mass is 775 g/mol. The van der Waals surface area contributed by atoms with Gasteiger partial charge in [0.05, 0.1) is 67.4 Å². The Morgan fingerprint density at radius 1 is 1.04 bits per heavy atom. The first-order valence-corrected chi connectivity index (χ1v) is 20.5. The number of carbonyl (C=O) groups is 3. The number of morpholine rings is 3. The SMILES string of the molecule is CC(C)(C)OC(=O)N[C@H]1CCN(C(=O)C2=CN3C4CC5OC6CC([N+](=O)[O-])CCC6NC5CC4OC4C(NCCCN5CCOCC5)C(F)CC(C2=O)C43)C1. The lowest BCUT2D eigenvalue weighted by Gasteiger charge is -2.61. The van der Waals surface area contributed by atoms with E-state index in [4.69, 9.17) is 18.9 Å². The number of alkyl halides is 1. The van der Waals surface area contributed by atoms with Crippen LogP contribution < -0.4 is 16.0 Å². The number of likely N-dealkylation sites (tertiary alicyclic amines) is 1. The van der Waals surface area contributed by atoms with Gasteiger partial charge < -0.3 is 44.7 Å². The van der Waals surface area contributed by atoms with Crippen molar-refractivity contribution < 1.29 is 42.6 Å². The highest BCUT2D eigenvalue weighted by molar-refractivity contribution is 6.20. The van der Waals surface area contributed by atoms with Crippen molar-refractivity contribution in [3.63, 3.8) is 0 Å². The molecule has 8 rings (SSSR count). The van der Waals surface area contributed by atoms with Crippen molar-refractivity contribution in [1.29, 1.82) is 0 Å². The van der Waals surface area contributed by atoms with Gasteiger partial charge in [0.1, 0.15) is 11.8 Å². The number of Topliss-reactive ketones (excluding diaryl/α,β-unsaturated/α-hetero) is 1. The van der Waals surface area contributed by atoms with Crippen LogP contribution in [-0.4, -0.2) is 168 Å². The quantitative estimate of drug-likeness (QED) is 0.139. The molecule has 7 fully saturated rings. The van der Waals surface area contributed by atoms with Crippen molar-refractivity contribution in [3.8, 4) is 0 Å². The summed E-state index contributed by atoms with van der Waals surface area (Å²) in [6.45, 7) is 10.6. The summed E-state index contributed by atoms with van der Waals surface area (Å²) in [5.41, 5.74) is -0.630. The largest absolute Gasteiger partial charge is 0.444 e. The molecule has 0 radical (unpaired) electrons. The van der Waals surface area contributed by atoms with Crippen LogP contribution in [0.3, 0.4) is 0 Å².